The Morgan fingerprint density at radius 1 is 0.857 bits per heavy atom. The topological polar surface area (TPSA) is 108 Å². The lowest BCUT2D eigenvalue weighted by Gasteiger charge is -2.30. The van der Waals surface area contributed by atoms with Crippen molar-refractivity contribution in [3.05, 3.63) is 36.5 Å². The molecule has 0 aliphatic heterocycles. The lowest BCUT2D eigenvalue weighted by atomic mass is 10.0. The number of amides is 1. The second kappa shape index (κ2) is 26.2. The molecule has 3 unspecified atom stereocenters. The monoisotopic (exact) mass is 614 g/mol. The summed E-state index contributed by atoms with van der Waals surface area (Å²) in [5, 5.41) is 13.5. The molecule has 0 aromatic heterocycles. The summed E-state index contributed by atoms with van der Waals surface area (Å²) >= 11 is 0. The van der Waals surface area contributed by atoms with Crippen molar-refractivity contribution in [2.24, 2.45) is 0 Å². The first-order valence-corrected chi connectivity index (χ1v) is 17.8. The van der Waals surface area contributed by atoms with Gasteiger partial charge < -0.3 is 28.8 Å². The third-order valence-electron chi connectivity index (χ3n) is 6.89. The van der Waals surface area contributed by atoms with Crippen molar-refractivity contribution in [1.82, 2.24) is 5.32 Å². The van der Waals surface area contributed by atoms with Gasteiger partial charge in [0.25, 0.3) is 7.82 Å². The molecule has 0 radical (unpaired) electrons. The molecule has 0 aromatic carbocycles. The molecule has 0 spiro atoms. The molecule has 0 aliphatic carbocycles. The van der Waals surface area contributed by atoms with E-state index < -0.39 is 20.0 Å². The van der Waals surface area contributed by atoms with Crippen molar-refractivity contribution in [1.29, 1.82) is 0 Å². The second-order valence-electron chi connectivity index (χ2n) is 12.1. The number of phosphoric acid groups is 1. The number of quaternary nitrogens is 1. The van der Waals surface area contributed by atoms with E-state index in [1.165, 1.54) is 25.7 Å². The number of unbranched alkanes of at least 4 members (excludes halogenated alkanes) is 9. The minimum Gasteiger partial charge on any atom is -0.756 e. The number of allylic oxidation sites excluding steroid dienone is 6. The third-order valence-corrected chi connectivity index (χ3v) is 7.86. The standard InChI is InChI=1S/C33H63N2O6P/c1-6-8-10-11-12-13-14-15-16-17-18-19-20-21-22-23-25-27-33(37)34-31(32(36)26-24-9-7-2)30-41-42(38,39)40-29-28-35(3,4)5/h8,10,12-13,15-16,31-32,36H,6-7,9,11,14,17-30H2,1-5H3,(H-,34,37,38,39)/b10-8-,13-12-,16-15-. The number of aliphatic hydroxyl groups is 1. The van der Waals surface area contributed by atoms with Gasteiger partial charge in [-0.15, -0.1) is 0 Å². The van der Waals surface area contributed by atoms with E-state index in [0.29, 0.717) is 23.9 Å². The van der Waals surface area contributed by atoms with Gasteiger partial charge in [0.15, 0.2) is 0 Å². The Balaban J connectivity index is 4.22. The van der Waals surface area contributed by atoms with Crippen molar-refractivity contribution >= 4 is 13.7 Å². The summed E-state index contributed by atoms with van der Waals surface area (Å²) in [4.78, 5) is 24.8. The quantitative estimate of drug-likeness (QED) is 0.0426. The molecule has 0 heterocycles. The molecule has 8 nitrogen and oxygen atoms in total. The van der Waals surface area contributed by atoms with E-state index in [2.05, 4.69) is 55.6 Å². The van der Waals surface area contributed by atoms with E-state index in [1.807, 2.05) is 21.1 Å². The van der Waals surface area contributed by atoms with E-state index in [0.717, 1.165) is 64.2 Å². The van der Waals surface area contributed by atoms with E-state index in [9.17, 15) is 19.4 Å². The molecular formula is C33H63N2O6P. The van der Waals surface area contributed by atoms with Gasteiger partial charge in [-0.3, -0.25) is 9.36 Å². The van der Waals surface area contributed by atoms with Crippen LogP contribution in [0.1, 0.15) is 117 Å². The Bertz CT molecular complexity index is 794. The summed E-state index contributed by atoms with van der Waals surface area (Å²) in [5.74, 6) is -0.191. The lowest BCUT2D eigenvalue weighted by Crippen LogP contribution is -2.46. The van der Waals surface area contributed by atoms with E-state index >= 15 is 0 Å². The fourth-order valence-electron chi connectivity index (χ4n) is 4.23. The van der Waals surface area contributed by atoms with Gasteiger partial charge in [-0.05, 0) is 44.9 Å². The average Bonchev–Trinajstić information content (AvgIpc) is 2.92. The zero-order valence-corrected chi connectivity index (χ0v) is 28.3. The number of nitrogens with zero attached hydrogens (tertiary/aromatic N) is 1. The Kier molecular flexibility index (Phi) is 25.4. The number of phosphoric ester groups is 1. The summed E-state index contributed by atoms with van der Waals surface area (Å²) in [6.45, 7) is 4.39. The zero-order valence-electron chi connectivity index (χ0n) is 27.4. The smallest absolute Gasteiger partial charge is 0.268 e. The lowest BCUT2D eigenvalue weighted by molar-refractivity contribution is -0.870. The maximum atomic E-state index is 12.6. The zero-order chi connectivity index (χ0) is 31.5. The highest BCUT2D eigenvalue weighted by molar-refractivity contribution is 7.45. The molecule has 1 amide bonds. The first-order chi connectivity index (χ1) is 20.0. The molecule has 0 rings (SSSR count). The molecule has 0 fully saturated rings. The molecule has 3 atom stereocenters. The maximum Gasteiger partial charge on any atom is 0.268 e. The van der Waals surface area contributed by atoms with Crippen LogP contribution in [0.25, 0.3) is 0 Å². The summed E-state index contributed by atoms with van der Waals surface area (Å²) in [6.07, 6.45) is 27.9. The molecule has 246 valence electrons. The van der Waals surface area contributed by atoms with Crippen LogP contribution in [0.3, 0.4) is 0 Å². The minimum absolute atomic E-state index is 0.00679. The number of hydrogen-bond donors (Lipinski definition) is 2. The highest BCUT2D eigenvalue weighted by Gasteiger charge is 2.24. The van der Waals surface area contributed by atoms with Gasteiger partial charge in [0.1, 0.15) is 13.2 Å². The highest BCUT2D eigenvalue weighted by atomic mass is 31.2. The van der Waals surface area contributed by atoms with Crippen LogP contribution in [0.4, 0.5) is 0 Å². The summed E-state index contributed by atoms with van der Waals surface area (Å²) in [7, 11) is 1.28. The van der Waals surface area contributed by atoms with Gasteiger partial charge in [-0.1, -0.05) is 102 Å². The van der Waals surface area contributed by atoms with Crippen molar-refractivity contribution in [3.63, 3.8) is 0 Å². The van der Waals surface area contributed by atoms with Crippen LogP contribution in [0.2, 0.25) is 0 Å². The maximum absolute atomic E-state index is 12.6. The van der Waals surface area contributed by atoms with E-state index in [-0.39, 0.29) is 19.1 Å². The van der Waals surface area contributed by atoms with Crippen LogP contribution in [0, 0.1) is 0 Å². The van der Waals surface area contributed by atoms with Crippen LogP contribution >= 0.6 is 7.82 Å². The predicted octanol–water partition coefficient (Wildman–Crippen LogP) is 6.99. The van der Waals surface area contributed by atoms with Gasteiger partial charge in [0.05, 0.1) is 39.9 Å². The predicted molar refractivity (Wildman–Crippen MR) is 173 cm³/mol. The fourth-order valence-corrected chi connectivity index (χ4v) is 4.95. The number of hydrogen-bond acceptors (Lipinski definition) is 6. The normalized spacial score (nSPS) is 15.5. The van der Waals surface area contributed by atoms with Crippen molar-refractivity contribution < 1.29 is 32.9 Å². The van der Waals surface area contributed by atoms with Crippen LogP contribution in [-0.2, 0) is 18.4 Å². The molecule has 0 aromatic rings. The number of likely N-dealkylation sites (N-methyl/N-ethyl adjacent to an activating group) is 1. The largest absolute Gasteiger partial charge is 0.756 e. The van der Waals surface area contributed by atoms with Crippen LogP contribution in [-0.4, -0.2) is 68.5 Å². The number of rotatable bonds is 28. The molecule has 9 heteroatoms. The van der Waals surface area contributed by atoms with Gasteiger partial charge in [0, 0.05) is 6.42 Å². The molecular weight excluding hydrogens is 551 g/mol. The highest BCUT2D eigenvalue weighted by Crippen LogP contribution is 2.38. The van der Waals surface area contributed by atoms with Crippen LogP contribution in [0.5, 0.6) is 0 Å². The summed E-state index contributed by atoms with van der Waals surface area (Å²) in [5.41, 5.74) is 0. The first-order valence-electron chi connectivity index (χ1n) is 16.3. The summed E-state index contributed by atoms with van der Waals surface area (Å²) < 4.78 is 22.8. The Morgan fingerprint density at radius 3 is 2.07 bits per heavy atom. The van der Waals surface area contributed by atoms with Gasteiger partial charge in [0.2, 0.25) is 5.91 Å². The first kappa shape index (κ1) is 40.7. The van der Waals surface area contributed by atoms with Crippen LogP contribution < -0.4 is 10.2 Å². The molecule has 0 saturated carbocycles. The Hall–Kier alpha value is -1.28. The van der Waals surface area contributed by atoms with Gasteiger partial charge in [-0.2, -0.15) is 0 Å². The fraction of sp³-hybridized carbons (Fsp3) is 0.788. The molecule has 2 N–H and O–H groups in total. The molecule has 0 saturated heterocycles. The second-order valence-corrected chi connectivity index (χ2v) is 13.5. The van der Waals surface area contributed by atoms with Gasteiger partial charge in [-0.25, -0.2) is 0 Å². The van der Waals surface area contributed by atoms with Crippen LogP contribution in [0.15, 0.2) is 36.5 Å². The number of aliphatic hydroxyl groups excluding tert-OH is 1. The Morgan fingerprint density at radius 2 is 1.45 bits per heavy atom. The summed E-state index contributed by atoms with van der Waals surface area (Å²) in [6, 6.07) is -0.799. The number of carbonyl (C=O) groups excluding carboxylic acids is 1. The molecule has 42 heavy (non-hydrogen) atoms. The SMILES string of the molecule is CC/C=C\C/C=C\C/C=C\CCCCCCCCCC(=O)NC(COP(=O)([O-])OCC[N+](C)(C)C)C(O)CCCCC. The third kappa shape index (κ3) is 27.5. The van der Waals surface area contributed by atoms with Crippen molar-refractivity contribution in [3.8, 4) is 0 Å². The van der Waals surface area contributed by atoms with Crippen molar-refractivity contribution in [2.75, 3.05) is 40.9 Å². The average molecular weight is 615 g/mol. The molecule has 0 aliphatic rings. The van der Waals surface area contributed by atoms with Crippen molar-refractivity contribution in [2.45, 2.75) is 129 Å². The molecule has 0 bridgehead atoms. The Labute approximate surface area is 257 Å². The van der Waals surface area contributed by atoms with Gasteiger partial charge >= 0.3 is 0 Å². The van der Waals surface area contributed by atoms with E-state index in [1.54, 1.807) is 0 Å². The number of carbonyl (C=O) groups is 1. The number of nitrogens with one attached hydrogen (secondary N) is 1. The van der Waals surface area contributed by atoms with E-state index in [4.69, 9.17) is 9.05 Å². The minimum atomic E-state index is -4.53.